The SMILES string of the molecule is CCC(CC)C1CN=C(NCCCC2CCCC2)S1. The number of nitrogens with one attached hydrogen (secondary N) is 1. The molecule has 0 aromatic heterocycles. The van der Waals surface area contributed by atoms with Crippen LogP contribution >= 0.6 is 11.8 Å². The standard InChI is InChI=1S/C16H30N2S/c1-3-14(4-2)15-12-18-16(19-15)17-11-7-10-13-8-5-6-9-13/h13-15H,3-12H2,1-2H3,(H,17,18). The zero-order chi connectivity index (χ0) is 13.5. The molecule has 3 heteroatoms. The zero-order valence-electron chi connectivity index (χ0n) is 12.7. The van der Waals surface area contributed by atoms with Gasteiger partial charge in [-0.2, -0.15) is 0 Å². The molecule has 0 saturated heterocycles. The number of nitrogens with zero attached hydrogens (tertiary/aromatic N) is 1. The van der Waals surface area contributed by atoms with E-state index in [4.69, 9.17) is 0 Å². The third kappa shape index (κ3) is 4.70. The van der Waals surface area contributed by atoms with Crippen molar-refractivity contribution in [3.05, 3.63) is 0 Å². The molecule has 2 rings (SSSR count). The highest BCUT2D eigenvalue weighted by molar-refractivity contribution is 8.14. The summed E-state index contributed by atoms with van der Waals surface area (Å²) in [6.07, 6.45) is 11.2. The molecule has 1 saturated carbocycles. The Morgan fingerprint density at radius 1 is 1.26 bits per heavy atom. The number of amidine groups is 1. The Labute approximate surface area is 123 Å². The summed E-state index contributed by atoms with van der Waals surface area (Å²) in [5.74, 6) is 1.86. The minimum absolute atomic E-state index is 0.729. The van der Waals surface area contributed by atoms with Crippen LogP contribution in [0.2, 0.25) is 0 Å². The van der Waals surface area contributed by atoms with Gasteiger partial charge < -0.3 is 5.32 Å². The predicted molar refractivity (Wildman–Crippen MR) is 86.9 cm³/mol. The fourth-order valence-corrected chi connectivity index (χ4v) is 4.78. The van der Waals surface area contributed by atoms with E-state index < -0.39 is 0 Å². The van der Waals surface area contributed by atoms with Gasteiger partial charge in [0.25, 0.3) is 0 Å². The van der Waals surface area contributed by atoms with Crippen molar-refractivity contribution >= 4 is 16.9 Å². The van der Waals surface area contributed by atoms with Crippen LogP contribution in [0.4, 0.5) is 0 Å². The van der Waals surface area contributed by atoms with Gasteiger partial charge in [-0.3, -0.25) is 4.99 Å². The average molecular weight is 282 g/mol. The van der Waals surface area contributed by atoms with E-state index in [0.717, 1.165) is 30.2 Å². The topological polar surface area (TPSA) is 24.4 Å². The van der Waals surface area contributed by atoms with Crippen molar-refractivity contribution in [2.75, 3.05) is 13.1 Å². The maximum atomic E-state index is 4.67. The lowest BCUT2D eigenvalue weighted by Gasteiger charge is -2.18. The number of hydrogen-bond donors (Lipinski definition) is 1. The molecule has 1 atom stereocenters. The smallest absolute Gasteiger partial charge is 0.156 e. The van der Waals surface area contributed by atoms with Gasteiger partial charge in [0.05, 0.1) is 6.54 Å². The van der Waals surface area contributed by atoms with Gasteiger partial charge in [-0.05, 0) is 24.7 Å². The van der Waals surface area contributed by atoms with E-state index in [1.807, 2.05) is 11.8 Å². The molecule has 0 spiro atoms. The first-order valence-electron chi connectivity index (χ1n) is 8.28. The first-order chi connectivity index (χ1) is 9.33. The van der Waals surface area contributed by atoms with Crippen molar-refractivity contribution in [3.8, 4) is 0 Å². The van der Waals surface area contributed by atoms with Gasteiger partial charge in [-0.25, -0.2) is 0 Å². The quantitative estimate of drug-likeness (QED) is 0.697. The first-order valence-corrected chi connectivity index (χ1v) is 9.16. The van der Waals surface area contributed by atoms with Crippen molar-refractivity contribution in [1.82, 2.24) is 5.32 Å². The summed E-state index contributed by atoms with van der Waals surface area (Å²) in [6, 6.07) is 0. The van der Waals surface area contributed by atoms with Crippen molar-refractivity contribution in [1.29, 1.82) is 0 Å². The van der Waals surface area contributed by atoms with Crippen LogP contribution in [0.25, 0.3) is 0 Å². The molecule has 1 aliphatic heterocycles. The summed E-state index contributed by atoms with van der Waals surface area (Å²) in [6.45, 7) is 6.77. The summed E-state index contributed by atoms with van der Waals surface area (Å²) in [4.78, 5) is 4.67. The van der Waals surface area contributed by atoms with Gasteiger partial charge in [0.15, 0.2) is 5.17 Å². The van der Waals surface area contributed by atoms with E-state index in [1.165, 1.54) is 56.5 Å². The van der Waals surface area contributed by atoms with Crippen molar-refractivity contribution < 1.29 is 0 Å². The molecule has 1 aliphatic carbocycles. The molecule has 1 heterocycles. The highest BCUT2D eigenvalue weighted by atomic mass is 32.2. The Hall–Kier alpha value is -0.180. The van der Waals surface area contributed by atoms with E-state index in [2.05, 4.69) is 24.2 Å². The van der Waals surface area contributed by atoms with Crippen molar-refractivity contribution in [2.45, 2.75) is 70.5 Å². The molecule has 0 aromatic rings. The van der Waals surface area contributed by atoms with E-state index in [-0.39, 0.29) is 0 Å². The molecule has 1 unspecified atom stereocenters. The van der Waals surface area contributed by atoms with Gasteiger partial charge in [-0.15, -0.1) is 0 Å². The lowest BCUT2D eigenvalue weighted by molar-refractivity contribution is 0.479. The highest BCUT2D eigenvalue weighted by Gasteiger charge is 2.25. The number of rotatable bonds is 7. The van der Waals surface area contributed by atoms with E-state index in [1.54, 1.807) is 0 Å². The lowest BCUT2D eigenvalue weighted by Crippen LogP contribution is -2.22. The molecule has 0 bridgehead atoms. The molecule has 0 aromatic carbocycles. The normalized spacial score (nSPS) is 24.2. The van der Waals surface area contributed by atoms with Crippen molar-refractivity contribution in [3.63, 3.8) is 0 Å². The molecule has 19 heavy (non-hydrogen) atoms. The van der Waals surface area contributed by atoms with E-state index in [9.17, 15) is 0 Å². The van der Waals surface area contributed by atoms with Crippen LogP contribution in [-0.2, 0) is 0 Å². The van der Waals surface area contributed by atoms with Crippen LogP contribution in [-0.4, -0.2) is 23.5 Å². The maximum absolute atomic E-state index is 4.67. The first kappa shape index (κ1) is 15.2. The molecule has 2 aliphatic rings. The van der Waals surface area contributed by atoms with Crippen LogP contribution < -0.4 is 5.32 Å². The Bertz CT molecular complexity index is 280. The Morgan fingerprint density at radius 2 is 2.00 bits per heavy atom. The van der Waals surface area contributed by atoms with Gasteiger partial charge in [0, 0.05) is 11.8 Å². The Morgan fingerprint density at radius 3 is 2.68 bits per heavy atom. The minimum Gasteiger partial charge on any atom is -0.365 e. The largest absolute Gasteiger partial charge is 0.365 e. The zero-order valence-corrected chi connectivity index (χ0v) is 13.5. The Kier molecular flexibility index (Phi) is 6.55. The minimum atomic E-state index is 0.729. The number of hydrogen-bond acceptors (Lipinski definition) is 3. The lowest BCUT2D eigenvalue weighted by atomic mass is 9.99. The second-order valence-corrected chi connectivity index (χ2v) is 7.33. The third-order valence-corrected chi connectivity index (χ3v) is 6.13. The summed E-state index contributed by atoms with van der Waals surface area (Å²) >= 11 is 1.99. The molecule has 0 amide bonds. The van der Waals surface area contributed by atoms with Crippen LogP contribution in [0.1, 0.15) is 65.2 Å². The molecule has 1 N–H and O–H groups in total. The second-order valence-electron chi connectivity index (χ2n) is 6.10. The number of thioether (sulfide) groups is 1. The summed E-state index contributed by atoms with van der Waals surface area (Å²) < 4.78 is 0. The van der Waals surface area contributed by atoms with Crippen molar-refractivity contribution in [2.24, 2.45) is 16.8 Å². The summed E-state index contributed by atoms with van der Waals surface area (Å²) in [5, 5.41) is 5.49. The van der Waals surface area contributed by atoms with E-state index in [0.29, 0.717) is 0 Å². The van der Waals surface area contributed by atoms with Crippen LogP contribution in [0.5, 0.6) is 0 Å². The molecule has 0 radical (unpaired) electrons. The summed E-state index contributed by atoms with van der Waals surface area (Å²) in [7, 11) is 0. The van der Waals surface area contributed by atoms with E-state index >= 15 is 0 Å². The van der Waals surface area contributed by atoms with Gasteiger partial charge >= 0.3 is 0 Å². The second kappa shape index (κ2) is 8.18. The monoisotopic (exact) mass is 282 g/mol. The molecular formula is C16H30N2S. The van der Waals surface area contributed by atoms with Crippen LogP contribution in [0.3, 0.4) is 0 Å². The van der Waals surface area contributed by atoms with Gasteiger partial charge in [-0.1, -0.05) is 64.1 Å². The van der Waals surface area contributed by atoms with Gasteiger partial charge in [0.2, 0.25) is 0 Å². The molecule has 110 valence electrons. The fraction of sp³-hybridized carbons (Fsp3) is 0.938. The predicted octanol–water partition coefficient (Wildman–Crippen LogP) is 4.45. The molecule has 1 fully saturated rings. The highest BCUT2D eigenvalue weighted by Crippen LogP contribution is 2.30. The average Bonchev–Trinajstić information content (AvgIpc) is 3.08. The van der Waals surface area contributed by atoms with Gasteiger partial charge in [0.1, 0.15) is 0 Å². The molecule has 2 nitrogen and oxygen atoms in total. The van der Waals surface area contributed by atoms with Crippen LogP contribution in [0, 0.1) is 11.8 Å². The third-order valence-electron chi connectivity index (χ3n) is 4.79. The fourth-order valence-electron chi connectivity index (χ4n) is 3.43. The maximum Gasteiger partial charge on any atom is 0.156 e. The Balaban J connectivity index is 1.57. The molecular weight excluding hydrogens is 252 g/mol. The number of aliphatic imine (C=N–C) groups is 1. The van der Waals surface area contributed by atoms with Crippen LogP contribution in [0.15, 0.2) is 4.99 Å². The summed E-state index contributed by atoms with van der Waals surface area (Å²) in [5.41, 5.74) is 0.